The van der Waals surface area contributed by atoms with Crippen LogP contribution in [-0.2, 0) is 9.59 Å². The van der Waals surface area contributed by atoms with Gasteiger partial charge in [-0.1, -0.05) is 72.4 Å². The summed E-state index contributed by atoms with van der Waals surface area (Å²) in [5, 5.41) is -0.650. The Hall–Kier alpha value is -2.80. The van der Waals surface area contributed by atoms with Crippen LogP contribution in [0.1, 0.15) is 17.0 Å². The van der Waals surface area contributed by atoms with Gasteiger partial charge in [0.25, 0.3) is 5.24 Å². The first-order valence-electron chi connectivity index (χ1n) is 7.18. The van der Waals surface area contributed by atoms with Crippen molar-refractivity contribution in [2.24, 2.45) is 5.73 Å². The predicted octanol–water partition coefficient (Wildman–Crippen LogP) is 1.78. The number of hydrogen-bond donors (Lipinski definition) is 3. The molecule has 0 aliphatic rings. The number of primary amides is 1. The van der Waals surface area contributed by atoms with Crippen LogP contribution in [0.25, 0.3) is 0 Å². The number of thioether (sulfide) groups is 1. The molecular formula is C17H17N3O3S. The van der Waals surface area contributed by atoms with Gasteiger partial charge in [-0.3, -0.25) is 25.2 Å². The molecule has 3 amide bonds. The third kappa shape index (κ3) is 5.13. The average molecular weight is 343 g/mol. The molecule has 2 rings (SSSR count). The van der Waals surface area contributed by atoms with Crippen molar-refractivity contribution in [3.8, 4) is 0 Å². The van der Waals surface area contributed by atoms with Gasteiger partial charge < -0.3 is 5.73 Å². The monoisotopic (exact) mass is 343 g/mol. The SMILES string of the molecule is NC(=O)SCC(=O)NNC(=O)C(c1ccccc1)c1ccccc1. The van der Waals surface area contributed by atoms with Crippen LogP contribution in [0.3, 0.4) is 0 Å². The van der Waals surface area contributed by atoms with Gasteiger partial charge in [0.05, 0.1) is 11.7 Å². The molecular weight excluding hydrogens is 326 g/mol. The Balaban J connectivity index is 2.09. The second-order valence-electron chi connectivity index (χ2n) is 4.90. The largest absolute Gasteiger partial charge is 0.361 e. The Labute approximate surface area is 143 Å². The molecule has 0 fully saturated rings. The van der Waals surface area contributed by atoms with Crippen LogP contribution < -0.4 is 16.6 Å². The van der Waals surface area contributed by atoms with Gasteiger partial charge >= 0.3 is 0 Å². The van der Waals surface area contributed by atoms with E-state index in [9.17, 15) is 14.4 Å². The fraction of sp³-hybridized carbons (Fsp3) is 0.118. The highest BCUT2D eigenvalue weighted by Gasteiger charge is 2.22. The molecule has 7 heteroatoms. The minimum Gasteiger partial charge on any atom is -0.361 e. The Bertz CT molecular complexity index is 668. The molecule has 24 heavy (non-hydrogen) atoms. The van der Waals surface area contributed by atoms with Crippen molar-refractivity contribution in [1.82, 2.24) is 10.9 Å². The topological polar surface area (TPSA) is 101 Å². The van der Waals surface area contributed by atoms with Crippen molar-refractivity contribution in [2.75, 3.05) is 5.75 Å². The van der Waals surface area contributed by atoms with Crippen LogP contribution >= 0.6 is 11.8 Å². The van der Waals surface area contributed by atoms with Gasteiger partial charge in [-0.05, 0) is 11.1 Å². The lowest BCUT2D eigenvalue weighted by Crippen LogP contribution is -2.45. The number of carbonyl (C=O) groups is 3. The summed E-state index contributed by atoms with van der Waals surface area (Å²) in [6, 6.07) is 18.5. The Kier molecular flexibility index (Phi) is 6.39. The summed E-state index contributed by atoms with van der Waals surface area (Å²) >= 11 is 0.668. The zero-order chi connectivity index (χ0) is 17.4. The molecule has 0 aliphatic carbocycles. The summed E-state index contributed by atoms with van der Waals surface area (Å²) < 4.78 is 0. The maximum atomic E-state index is 12.6. The number of nitrogens with one attached hydrogen (secondary N) is 2. The van der Waals surface area contributed by atoms with Crippen LogP contribution in [0.5, 0.6) is 0 Å². The van der Waals surface area contributed by atoms with Crippen molar-refractivity contribution in [3.63, 3.8) is 0 Å². The van der Waals surface area contributed by atoms with Crippen LogP contribution in [0.4, 0.5) is 4.79 Å². The van der Waals surface area contributed by atoms with Gasteiger partial charge in [0.1, 0.15) is 0 Å². The first kappa shape index (κ1) is 17.6. The fourth-order valence-corrected chi connectivity index (χ4v) is 2.51. The standard InChI is InChI=1S/C17H17N3O3S/c18-17(23)24-11-14(21)19-20-16(22)15(12-7-3-1-4-8-12)13-9-5-2-6-10-13/h1-10,15H,11H2,(H2,18,23)(H,19,21)(H,20,22). The van der Waals surface area contributed by atoms with Crippen molar-refractivity contribution in [3.05, 3.63) is 71.8 Å². The number of hydrogen-bond acceptors (Lipinski definition) is 4. The van der Waals surface area contributed by atoms with Crippen molar-refractivity contribution in [2.45, 2.75) is 5.92 Å². The highest BCUT2D eigenvalue weighted by molar-refractivity contribution is 8.14. The van der Waals surface area contributed by atoms with E-state index in [1.54, 1.807) is 0 Å². The van der Waals surface area contributed by atoms with E-state index in [0.717, 1.165) is 11.1 Å². The minimum absolute atomic E-state index is 0.156. The molecule has 0 radical (unpaired) electrons. The number of benzene rings is 2. The molecule has 124 valence electrons. The number of amides is 3. The lowest BCUT2D eigenvalue weighted by molar-refractivity contribution is -0.128. The zero-order valence-electron chi connectivity index (χ0n) is 12.8. The summed E-state index contributed by atoms with van der Waals surface area (Å²) in [5.41, 5.74) is 11.3. The predicted molar refractivity (Wildman–Crippen MR) is 93.1 cm³/mol. The van der Waals surface area contributed by atoms with E-state index in [4.69, 9.17) is 5.73 Å². The van der Waals surface area contributed by atoms with E-state index in [-0.39, 0.29) is 11.7 Å². The molecule has 0 aromatic heterocycles. The molecule has 0 unspecified atom stereocenters. The number of nitrogens with two attached hydrogens (primary N) is 1. The molecule has 6 nitrogen and oxygen atoms in total. The summed E-state index contributed by atoms with van der Waals surface area (Å²) in [6.07, 6.45) is 0. The van der Waals surface area contributed by atoms with Crippen LogP contribution in [0.2, 0.25) is 0 Å². The van der Waals surface area contributed by atoms with E-state index in [1.165, 1.54) is 0 Å². The van der Waals surface area contributed by atoms with Gasteiger partial charge in [0.2, 0.25) is 11.8 Å². The van der Waals surface area contributed by atoms with E-state index in [2.05, 4.69) is 10.9 Å². The molecule has 0 spiro atoms. The third-order valence-electron chi connectivity index (χ3n) is 3.20. The lowest BCUT2D eigenvalue weighted by Gasteiger charge is -2.18. The number of hydrazine groups is 1. The second-order valence-corrected chi connectivity index (χ2v) is 5.88. The summed E-state index contributed by atoms with van der Waals surface area (Å²) in [7, 11) is 0. The van der Waals surface area contributed by atoms with E-state index < -0.39 is 17.1 Å². The van der Waals surface area contributed by atoms with Crippen LogP contribution in [0, 0.1) is 0 Å². The molecule has 2 aromatic rings. The van der Waals surface area contributed by atoms with E-state index >= 15 is 0 Å². The van der Waals surface area contributed by atoms with E-state index in [1.807, 2.05) is 60.7 Å². The summed E-state index contributed by atoms with van der Waals surface area (Å²) in [5.74, 6) is -1.59. The molecule has 0 saturated heterocycles. The first-order valence-corrected chi connectivity index (χ1v) is 8.17. The maximum absolute atomic E-state index is 12.6. The number of rotatable bonds is 5. The highest BCUT2D eigenvalue weighted by atomic mass is 32.2. The Morgan fingerprint density at radius 2 is 1.38 bits per heavy atom. The zero-order valence-corrected chi connectivity index (χ0v) is 13.6. The summed E-state index contributed by atoms with van der Waals surface area (Å²) in [4.78, 5) is 34.8. The molecule has 2 aromatic carbocycles. The molecule has 0 bridgehead atoms. The molecule has 0 heterocycles. The second kappa shape index (κ2) is 8.73. The Morgan fingerprint density at radius 3 is 1.83 bits per heavy atom. The van der Waals surface area contributed by atoms with Crippen LogP contribution in [0.15, 0.2) is 60.7 Å². The van der Waals surface area contributed by atoms with Crippen molar-refractivity contribution < 1.29 is 14.4 Å². The number of carbonyl (C=O) groups excluding carboxylic acids is 3. The van der Waals surface area contributed by atoms with Crippen molar-refractivity contribution in [1.29, 1.82) is 0 Å². The fourth-order valence-electron chi connectivity index (χ4n) is 2.16. The first-order chi connectivity index (χ1) is 11.6. The summed E-state index contributed by atoms with van der Waals surface area (Å²) in [6.45, 7) is 0. The van der Waals surface area contributed by atoms with Gasteiger partial charge in [0, 0.05) is 0 Å². The van der Waals surface area contributed by atoms with Gasteiger partial charge in [-0.2, -0.15) is 0 Å². The average Bonchev–Trinajstić information content (AvgIpc) is 2.60. The minimum atomic E-state index is -0.650. The lowest BCUT2D eigenvalue weighted by atomic mass is 9.91. The Morgan fingerprint density at radius 1 is 0.875 bits per heavy atom. The maximum Gasteiger partial charge on any atom is 0.276 e. The smallest absolute Gasteiger partial charge is 0.276 e. The van der Waals surface area contributed by atoms with Gasteiger partial charge in [-0.15, -0.1) is 0 Å². The van der Waals surface area contributed by atoms with E-state index in [0.29, 0.717) is 11.8 Å². The third-order valence-corrected chi connectivity index (χ3v) is 3.89. The normalized spacial score (nSPS) is 10.2. The molecule has 0 saturated carbocycles. The molecule has 0 aliphatic heterocycles. The van der Waals surface area contributed by atoms with Crippen LogP contribution in [-0.4, -0.2) is 22.8 Å². The molecule has 0 atom stereocenters. The van der Waals surface area contributed by atoms with Gasteiger partial charge in [0.15, 0.2) is 0 Å². The van der Waals surface area contributed by atoms with Crippen molar-refractivity contribution >= 4 is 28.8 Å². The van der Waals surface area contributed by atoms with Gasteiger partial charge in [-0.25, -0.2) is 0 Å². The quantitative estimate of drug-likeness (QED) is 0.720. The molecule has 4 N–H and O–H groups in total. The highest BCUT2D eigenvalue weighted by Crippen LogP contribution is 2.24.